The molecule has 0 saturated heterocycles. The van der Waals surface area contributed by atoms with E-state index in [0.29, 0.717) is 5.02 Å². The number of carbonyl (C=O) groups excluding carboxylic acids is 1. The van der Waals surface area contributed by atoms with Gasteiger partial charge in [0.1, 0.15) is 0 Å². The first-order valence-corrected chi connectivity index (χ1v) is 8.11. The van der Waals surface area contributed by atoms with Crippen molar-refractivity contribution in [3.63, 3.8) is 0 Å². The van der Waals surface area contributed by atoms with Gasteiger partial charge in [-0.2, -0.15) is 13.2 Å². The monoisotopic (exact) mass is 402 g/mol. The van der Waals surface area contributed by atoms with Crippen LogP contribution >= 0.6 is 23.2 Å². The number of alkyl halides is 3. The second-order valence-electron chi connectivity index (χ2n) is 5.46. The molecular formula is C16H11Cl2F3N4O. The number of benzene rings is 1. The zero-order valence-electron chi connectivity index (χ0n) is 13.0. The van der Waals surface area contributed by atoms with Crippen molar-refractivity contribution in [2.24, 2.45) is 0 Å². The normalized spacial score (nSPS) is 11.7. The number of hydrogen-bond donors (Lipinski definition) is 1. The van der Waals surface area contributed by atoms with Gasteiger partial charge in [-0.3, -0.25) is 9.20 Å². The van der Waals surface area contributed by atoms with Crippen molar-refractivity contribution >= 4 is 34.8 Å². The lowest BCUT2D eigenvalue weighted by Gasteiger charge is -2.09. The molecule has 0 saturated carbocycles. The molecule has 2 heterocycles. The third kappa shape index (κ3) is 4.08. The van der Waals surface area contributed by atoms with Gasteiger partial charge in [0, 0.05) is 11.2 Å². The van der Waals surface area contributed by atoms with E-state index < -0.39 is 11.7 Å². The third-order valence-electron chi connectivity index (χ3n) is 3.58. The number of nitrogens with zero attached hydrogens (tertiary/aromatic N) is 3. The molecule has 26 heavy (non-hydrogen) atoms. The van der Waals surface area contributed by atoms with Crippen LogP contribution < -0.4 is 5.32 Å². The Morgan fingerprint density at radius 3 is 2.50 bits per heavy atom. The van der Waals surface area contributed by atoms with Crippen LogP contribution in [0, 0.1) is 0 Å². The largest absolute Gasteiger partial charge is 0.417 e. The van der Waals surface area contributed by atoms with Crippen LogP contribution in [0.5, 0.6) is 0 Å². The molecule has 0 aliphatic heterocycles. The van der Waals surface area contributed by atoms with E-state index in [1.54, 1.807) is 24.3 Å². The summed E-state index contributed by atoms with van der Waals surface area (Å²) in [7, 11) is 0. The number of fused-ring (bicyclic) bond motifs is 1. The molecule has 10 heteroatoms. The maximum atomic E-state index is 12.9. The Morgan fingerprint density at radius 1 is 1.15 bits per heavy atom. The molecule has 1 N–H and O–H groups in total. The third-order valence-corrected chi connectivity index (χ3v) is 4.11. The maximum Gasteiger partial charge on any atom is 0.417 e. The number of amides is 1. The van der Waals surface area contributed by atoms with Gasteiger partial charge < -0.3 is 5.32 Å². The SMILES string of the molecule is O=C(Cc1ccc(Cl)cc1)NCc1nnc2c(Cl)cc(C(F)(F)F)cn12. The Bertz CT molecular complexity index is 955. The molecule has 2 aromatic heterocycles. The fourth-order valence-electron chi connectivity index (χ4n) is 2.30. The summed E-state index contributed by atoms with van der Waals surface area (Å²) in [6.07, 6.45) is -3.61. The molecule has 0 spiro atoms. The van der Waals surface area contributed by atoms with Gasteiger partial charge >= 0.3 is 6.18 Å². The van der Waals surface area contributed by atoms with Crippen LogP contribution in [0.3, 0.4) is 0 Å². The number of hydrogen-bond acceptors (Lipinski definition) is 3. The fourth-order valence-corrected chi connectivity index (χ4v) is 2.68. The quantitative estimate of drug-likeness (QED) is 0.719. The molecule has 0 aliphatic rings. The predicted molar refractivity (Wildman–Crippen MR) is 90.0 cm³/mol. The van der Waals surface area contributed by atoms with Crippen molar-refractivity contribution in [2.75, 3.05) is 0 Å². The maximum absolute atomic E-state index is 12.9. The van der Waals surface area contributed by atoms with Gasteiger partial charge in [0.25, 0.3) is 0 Å². The van der Waals surface area contributed by atoms with Crippen LogP contribution in [0.2, 0.25) is 10.0 Å². The summed E-state index contributed by atoms with van der Waals surface area (Å²) < 4.78 is 39.9. The van der Waals surface area contributed by atoms with Crippen LogP contribution in [0.15, 0.2) is 36.5 Å². The summed E-state index contributed by atoms with van der Waals surface area (Å²) in [6, 6.07) is 7.54. The molecule has 3 rings (SSSR count). The van der Waals surface area contributed by atoms with Gasteiger partial charge in [-0.05, 0) is 23.8 Å². The molecule has 0 bridgehead atoms. The van der Waals surface area contributed by atoms with E-state index in [4.69, 9.17) is 23.2 Å². The number of rotatable bonds is 4. The first-order valence-electron chi connectivity index (χ1n) is 7.35. The van der Waals surface area contributed by atoms with Crippen LogP contribution in [0.1, 0.15) is 17.0 Å². The fraction of sp³-hybridized carbons (Fsp3) is 0.188. The first-order chi connectivity index (χ1) is 12.2. The lowest BCUT2D eigenvalue weighted by atomic mass is 10.1. The summed E-state index contributed by atoms with van der Waals surface area (Å²) in [6.45, 7) is -0.0920. The highest BCUT2D eigenvalue weighted by Crippen LogP contribution is 2.32. The van der Waals surface area contributed by atoms with Crippen LogP contribution in [0.25, 0.3) is 5.65 Å². The topological polar surface area (TPSA) is 59.3 Å². The van der Waals surface area contributed by atoms with Crippen molar-refractivity contribution in [3.8, 4) is 0 Å². The number of aromatic nitrogens is 3. The summed E-state index contributed by atoms with van der Waals surface area (Å²) in [5.41, 5.74) is -0.0921. The Labute approximate surface area is 155 Å². The van der Waals surface area contributed by atoms with E-state index in [9.17, 15) is 18.0 Å². The number of nitrogens with one attached hydrogen (secondary N) is 1. The minimum atomic E-state index is -4.56. The molecule has 3 aromatic rings. The van der Waals surface area contributed by atoms with Crippen LogP contribution in [0.4, 0.5) is 13.2 Å². The average molecular weight is 403 g/mol. The first kappa shape index (κ1) is 18.5. The zero-order chi connectivity index (χ0) is 18.9. The van der Waals surface area contributed by atoms with Crippen LogP contribution in [-0.4, -0.2) is 20.5 Å². The Balaban J connectivity index is 1.75. The van der Waals surface area contributed by atoms with E-state index in [2.05, 4.69) is 15.5 Å². The molecule has 0 radical (unpaired) electrons. The van der Waals surface area contributed by atoms with Crippen molar-refractivity contribution in [2.45, 2.75) is 19.1 Å². The van der Waals surface area contributed by atoms with Gasteiger partial charge in [-0.25, -0.2) is 0 Å². The molecule has 0 fully saturated rings. The van der Waals surface area contributed by atoms with Gasteiger partial charge in [-0.15, -0.1) is 10.2 Å². The summed E-state index contributed by atoms with van der Waals surface area (Å²) >= 11 is 11.6. The molecule has 1 aromatic carbocycles. The smallest absolute Gasteiger partial charge is 0.348 e. The van der Waals surface area contributed by atoms with Gasteiger partial charge in [0.05, 0.1) is 23.6 Å². The average Bonchev–Trinajstić information content (AvgIpc) is 2.98. The molecule has 0 aliphatic carbocycles. The molecule has 0 atom stereocenters. The molecular weight excluding hydrogens is 392 g/mol. The van der Waals surface area contributed by atoms with Gasteiger partial charge in [-0.1, -0.05) is 35.3 Å². The van der Waals surface area contributed by atoms with E-state index in [1.807, 2.05) is 0 Å². The Morgan fingerprint density at radius 2 is 1.85 bits per heavy atom. The Hall–Kier alpha value is -2.32. The van der Waals surface area contributed by atoms with E-state index in [1.165, 1.54) is 0 Å². The van der Waals surface area contributed by atoms with Crippen molar-refractivity contribution in [3.05, 3.63) is 63.5 Å². The van der Waals surface area contributed by atoms with Crippen LogP contribution in [-0.2, 0) is 23.9 Å². The number of carbonyl (C=O) groups is 1. The van der Waals surface area contributed by atoms with E-state index in [-0.39, 0.29) is 35.4 Å². The van der Waals surface area contributed by atoms with Gasteiger partial charge in [0.2, 0.25) is 5.91 Å². The highest BCUT2D eigenvalue weighted by molar-refractivity contribution is 6.33. The predicted octanol–water partition coefficient (Wildman–Crippen LogP) is 3.91. The lowest BCUT2D eigenvalue weighted by Crippen LogP contribution is -2.25. The highest BCUT2D eigenvalue weighted by atomic mass is 35.5. The van der Waals surface area contributed by atoms with E-state index in [0.717, 1.165) is 22.2 Å². The minimum Gasteiger partial charge on any atom is -0.348 e. The molecule has 5 nitrogen and oxygen atoms in total. The van der Waals surface area contributed by atoms with E-state index >= 15 is 0 Å². The Kier molecular flexibility index (Phi) is 5.06. The number of halogens is 5. The van der Waals surface area contributed by atoms with Crippen molar-refractivity contribution in [1.82, 2.24) is 19.9 Å². The summed E-state index contributed by atoms with van der Waals surface area (Å²) in [5, 5.41) is 10.5. The zero-order valence-corrected chi connectivity index (χ0v) is 14.5. The lowest BCUT2D eigenvalue weighted by molar-refractivity contribution is -0.137. The number of pyridine rings is 1. The van der Waals surface area contributed by atoms with Crippen molar-refractivity contribution < 1.29 is 18.0 Å². The van der Waals surface area contributed by atoms with Gasteiger partial charge in [0.15, 0.2) is 11.5 Å². The second kappa shape index (κ2) is 7.13. The highest BCUT2D eigenvalue weighted by Gasteiger charge is 2.32. The molecule has 1 amide bonds. The second-order valence-corrected chi connectivity index (χ2v) is 6.31. The molecule has 0 unspecified atom stereocenters. The summed E-state index contributed by atoms with van der Waals surface area (Å²) in [5.74, 6) is -0.181. The summed E-state index contributed by atoms with van der Waals surface area (Å²) in [4.78, 5) is 12.0. The molecule has 136 valence electrons. The van der Waals surface area contributed by atoms with Crippen molar-refractivity contribution in [1.29, 1.82) is 0 Å². The standard InChI is InChI=1S/C16H11Cl2F3N4O/c17-11-3-1-9(2-4-11)5-14(26)22-7-13-23-24-15-12(18)6-10(8-25(13)15)16(19,20)21/h1-4,6,8H,5,7H2,(H,22,26). The minimum absolute atomic E-state index is 0.0848.